The first-order chi connectivity index (χ1) is 13.1. The van der Waals surface area contributed by atoms with E-state index in [9.17, 15) is 0 Å². The smallest absolute Gasteiger partial charge is 0.118 e. The molecule has 28 heavy (non-hydrogen) atoms. The van der Waals surface area contributed by atoms with Crippen LogP contribution in [0, 0.1) is 5.41 Å². The molecule has 0 amide bonds. The summed E-state index contributed by atoms with van der Waals surface area (Å²) in [5, 5.41) is 7.18. The molecule has 0 radical (unpaired) electrons. The molecule has 5 heteroatoms. The zero-order valence-electron chi connectivity index (χ0n) is 18.4. The molecular weight excluding hydrogens is 348 g/mol. The largest absolute Gasteiger partial charge is 0.375 e. The van der Waals surface area contributed by atoms with Crippen molar-refractivity contribution in [1.82, 2.24) is 10.2 Å². The molecular formula is C23H38N4O. The van der Waals surface area contributed by atoms with Crippen molar-refractivity contribution in [3.05, 3.63) is 35.5 Å². The third kappa shape index (κ3) is 4.64. The van der Waals surface area contributed by atoms with Crippen molar-refractivity contribution < 1.29 is 4.74 Å². The Labute approximate surface area is 170 Å². The van der Waals surface area contributed by atoms with E-state index < -0.39 is 0 Å². The van der Waals surface area contributed by atoms with Gasteiger partial charge in [0.2, 0.25) is 0 Å². The number of nitrogens with zero attached hydrogens (tertiary/aromatic N) is 1. The van der Waals surface area contributed by atoms with E-state index in [4.69, 9.17) is 10.5 Å². The second-order valence-corrected chi connectivity index (χ2v) is 9.93. The molecule has 0 fully saturated rings. The van der Waals surface area contributed by atoms with Gasteiger partial charge in [-0.1, -0.05) is 45.4 Å². The van der Waals surface area contributed by atoms with E-state index >= 15 is 0 Å². The van der Waals surface area contributed by atoms with Crippen LogP contribution < -0.4 is 16.4 Å². The summed E-state index contributed by atoms with van der Waals surface area (Å²) in [6.45, 7) is 14.8. The lowest BCUT2D eigenvalue weighted by Gasteiger charge is -2.38. The molecule has 0 saturated heterocycles. The zero-order chi connectivity index (χ0) is 20.5. The molecule has 0 aromatic heterocycles. The Kier molecular flexibility index (Phi) is 5.97. The number of unbranched alkanes of at least 4 members (excludes halogenated alkanes) is 1. The highest BCUT2D eigenvalue weighted by Crippen LogP contribution is 2.41. The molecule has 5 nitrogen and oxygen atoms in total. The summed E-state index contributed by atoms with van der Waals surface area (Å²) in [6.07, 6.45) is 3.56. The molecule has 0 spiro atoms. The Morgan fingerprint density at radius 3 is 2.50 bits per heavy atom. The van der Waals surface area contributed by atoms with Crippen molar-refractivity contribution in [2.24, 2.45) is 11.1 Å². The number of nitrogens with two attached hydrogens (primary N) is 1. The van der Waals surface area contributed by atoms with E-state index in [1.165, 1.54) is 24.1 Å². The summed E-state index contributed by atoms with van der Waals surface area (Å²) in [5.74, 6) is 0. The van der Waals surface area contributed by atoms with Gasteiger partial charge in [-0.25, -0.2) is 0 Å². The lowest BCUT2D eigenvalue weighted by atomic mass is 9.92. The second-order valence-electron chi connectivity index (χ2n) is 9.93. The highest BCUT2D eigenvalue weighted by molar-refractivity contribution is 5.82. The lowest BCUT2D eigenvalue weighted by molar-refractivity contribution is -0.0492. The molecule has 0 aliphatic carbocycles. The van der Waals surface area contributed by atoms with E-state index in [0.29, 0.717) is 0 Å². The van der Waals surface area contributed by atoms with Crippen molar-refractivity contribution in [3.63, 3.8) is 0 Å². The first-order valence-electron chi connectivity index (χ1n) is 10.6. The summed E-state index contributed by atoms with van der Waals surface area (Å²) < 4.78 is 6.15. The Morgan fingerprint density at radius 1 is 1.11 bits per heavy atom. The van der Waals surface area contributed by atoms with Crippen LogP contribution in [0.3, 0.4) is 0 Å². The minimum Gasteiger partial charge on any atom is -0.375 e. The van der Waals surface area contributed by atoms with Crippen molar-refractivity contribution in [2.75, 3.05) is 18.5 Å². The molecule has 1 aromatic rings. The van der Waals surface area contributed by atoms with Crippen molar-refractivity contribution in [2.45, 2.75) is 78.7 Å². The predicted octanol–water partition coefficient (Wildman–Crippen LogP) is 4.33. The van der Waals surface area contributed by atoms with E-state index in [1.807, 2.05) is 0 Å². The molecule has 4 N–H and O–H groups in total. The number of ether oxygens (including phenoxy) is 1. The fourth-order valence-corrected chi connectivity index (χ4v) is 3.96. The highest BCUT2D eigenvalue weighted by Gasteiger charge is 2.40. The third-order valence-electron chi connectivity index (χ3n) is 5.37. The van der Waals surface area contributed by atoms with E-state index in [1.54, 1.807) is 0 Å². The number of benzene rings is 1. The number of hydrogen-bond donors (Lipinski definition) is 3. The maximum atomic E-state index is 6.48. The SMILES string of the molecule is CCCCC1NC2=C(c3ccccc3NC2N)N1CC(C)(C)COC(C)(C)C. The maximum Gasteiger partial charge on any atom is 0.118 e. The first kappa shape index (κ1) is 21.0. The maximum absolute atomic E-state index is 6.48. The van der Waals surface area contributed by atoms with Gasteiger partial charge < -0.3 is 26.0 Å². The van der Waals surface area contributed by atoms with Gasteiger partial charge in [0.25, 0.3) is 0 Å². The average molecular weight is 387 g/mol. The molecule has 156 valence electrons. The fourth-order valence-electron chi connectivity index (χ4n) is 3.96. The Morgan fingerprint density at radius 2 is 1.82 bits per heavy atom. The van der Waals surface area contributed by atoms with Gasteiger partial charge in [0.05, 0.1) is 29.8 Å². The minimum atomic E-state index is -0.201. The first-order valence-corrected chi connectivity index (χ1v) is 10.6. The van der Waals surface area contributed by atoms with Crippen LogP contribution >= 0.6 is 0 Å². The molecule has 1 aromatic carbocycles. The van der Waals surface area contributed by atoms with Crippen molar-refractivity contribution in [3.8, 4) is 0 Å². The van der Waals surface area contributed by atoms with Crippen molar-refractivity contribution in [1.29, 1.82) is 0 Å². The van der Waals surface area contributed by atoms with Gasteiger partial charge in [0.15, 0.2) is 0 Å². The highest BCUT2D eigenvalue weighted by atomic mass is 16.5. The summed E-state index contributed by atoms with van der Waals surface area (Å²) in [6, 6.07) is 8.48. The third-order valence-corrected chi connectivity index (χ3v) is 5.37. The van der Waals surface area contributed by atoms with E-state index in [2.05, 4.69) is 81.3 Å². The molecule has 2 unspecified atom stereocenters. The molecule has 2 aliphatic rings. The van der Waals surface area contributed by atoms with E-state index in [0.717, 1.165) is 31.0 Å². The van der Waals surface area contributed by atoms with Crippen LogP contribution in [-0.4, -0.2) is 36.0 Å². The predicted molar refractivity (Wildman–Crippen MR) is 118 cm³/mol. The molecule has 2 atom stereocenters. The van der Waals surface area contributed by atoms with Gasteiger partial charge in [-0.15, -0.1) is 0 Å². The quantitative estimate of drug-likeness (QED) is 0.651. The standard InChI is InChI=1S/C23H38N4O/c1-7-8-13-18-26-19-20(16-11-9-10-12-17(16)25-21(19)24)27(18)14-23(5,6)15-28-22(2,3)4/h9-12,18,21,25-26H,7-8,13-15,24H2,1-6H3. The summed E-state index contributed by atoms with van der Waals surface area (Å²) >= 11 is 0. The number of anilines is 1. The van der Waals surface area contributed by atoms with Gasteiger partial charge in [0, 0.05) is 23.2 Å². The Hall–Kier alpha value is -1.72. The Bertz CT molecular complexity index is 720. The van der Waals surface area contributed by atoms with E-state index in [-0.39, 0.29) is 23.3 Å². The summed E-state index contributed by atoms with van der Waals surface area (Å²) in [7, 11) is 0. The fraction of sp³-hybridized carbons (Fsp3) is 0.652. The lowest BCUT2D eigenvalue weighted by Crippen LogP contribution is -2.44. The summed E-state index contributed by atoms with van der Waals surface area (Å²) in [5.41, 5.74) is 11.1. The van der Waals surface area contributed by atoms with Crippen LogP contribution in [0.15, 0.2) is 30.0 Å². The van der Waals surface area contributed by atoms with Crippen LogP contribution in [0.4, 0.5) is 5.69 Å². The number of para-hydroxylation sites is 1. The van der Waals surface area contributed by atoms with Gasteiger partial charge in [0.1, 0.15) is 6.17 Å². The number of fused-ring (bicyclic) bond motifs is 2. The molecule has 2 aliphatic heterocycles. The molecule has 3 rings (SSSR count). The normalized spacial score (nSPS) is 21.9. The van der Waals surface area contributed by atoms with Crippen LogP contribution in [0.25, 0.3) is 5.70 Å². The summed E-state index contributed by atoms with van der Waals surface area (Å²) in [4.78, 5) is 2.54. The topological polar surface area (TPSA) is 62.5 Å². The van der Waals surface area contributed by atoms with Crippen LogP contribution in [0.2, 0.25) is 0 Å². The number of nitrogens with one attached hydrogen (secondary N) is 2. The van der Waals surface area contributed by atoms with Crippen LogP contribution in [0.1, 0.15) is 66.4 Å². The average Bonchev–Trinajstić information content (AvgIpc) is 2.97. The second kappa shape index (κ2) is 7.96. The minimum absolute atomic E-state index is 0.0196. The van der Waals surface area contributed by atoms with Gasteiger partial charge in [-0.2, -0.15) is 0 Å². The van der Waals surface area contributed by atoms with Gasteiger partial charge in [-0.3, -0.25) is 0 Å². The van der Waals surface area contributed by atoms with Crippen molar-refractivity contribution >= 4 is 11.4 Å². The molecule has 0 bridgehead atoms. The van der Waals surface area contributed by atoms with Crippen LogP contribution in [-0.2, 0) is 4.74 Å². The Balaban J connectivity index is 1.90. The molecule has 0 saturated carbocycles. The monoisotopic (exact) mass is 386 g/mol. The zero-order valence-corrected chi connectivity index (χ0v) is 18.4. The number of rotatable bonds is 7. The van der Waals surface area contributed by atoms with Crippen LogP contribution in [0.5, 0.6) is 0 Å². The molecule has 2 heterocycles. The number of hydrogen-bond acceptors (Lipinski definition) is 5. The van der Waals surface area contributed by atoms with Gasteiger partial charge >= 0.3 is 0 Å². The van der Waals surface area contributed by atoms with Gasteiger partial charge in [-0.05, 0) is 39.7 Å².